The predicted octanol–water partition coefficient (Wildman–Crippen LogP) is -0.728. The lowest BCUT2D eigenvalue weighted by molar-refractivity contribution is -0.124. The van der Waals surface area contributed by atoms with Crippen LogP contribution < -0.4 is 16.0 Å². The smallest absolute Gasteiger partial charge is 0.324 e. The van der Waals surface area contributed by atoms with Crippen LogP contribution in [0.4, 0.5) is 4.79 Å². The molecule has 0 saturated carbocycles. The fraction of sp³-hybridized carbons (Fsp3) is 0.769. The Hall–Kier alpha value is -1.83. The Bertz CT molecular complexity index is 416. The van der Waals surface area contributed by atoms with Crippen molar-refractivity contribution in [2.45, 2.75) is 25.4 Å². The van der Waals surface area contributed by atoms with E-state index < -0.39 is 0 Å². The number of rotatable bonds is 5. The highest BCUT2D eigenvalue weighted by molar-refractivity contribution is 6.01. The summed E-state index contributed by atoms with van der Waals surface area (Å²) in [5.41, 5.74) is -0.150. The molecule has 0 radical (unpaired) electrons. The van der Waals surface area contributed by atoms with E-state index in [-0.39, 0.29) is 24.1 Å². The molecule has 2 aliphatic heterocycles. The molecule has 0 aromatic carbocycles. The number of nitrogens with one attached hydrogen (secondary N) is 3. The minimum absolute atomic E-state index is 0.0848. The summed E-state index contributed by atoms with van der Waals surface area (Å²) in [7, 11) is 1.68. The second kappa shape index (κ2) is 6.75. The Labute approximate surface area is 124 Å². The highest BCUT2D eigenvalue weighted by Crippen LogP contribution is 2.23. The van der Waals surface area contributed by atoms with E-state index >= 15 is 0 Å². The predicted molar refractivity (Wildman–Crippen MR) is 78.1 cm³/mol. The third-order valence-corrected chi connectivity index (χ3v) is 3.72. The van der Waals surface area contributed by atoms with E-state index in [1.807, 2.05) is 0 Å². The van der Waals surface area contributed by atoms with Crippen molar-refractivity contribution in [1.82, 2.24) is 20.9 Å². The molecule has 2 heterocycles. The number of hydrogen-bond donors (Lipinski definition) is 3. The summed E-state index contributed by atoms with van der Waals surface area (Å²) >= 11 is 0. The zero-order valence-electron chi connectivity index (χ0n) is 12.6. The Kier molecular flexibility index (Phi) is 5.00. The van der Waals surface area contributed by atoms with Gasteiger partial charge in [-0.15, -0.1) is 0 Å². The molecule has 0 aliphatic carbocycles. The van der Waals surface area contributed by atoms with Crippen LogP contribution in [0.25, 0.3) is 0 Å². The molecule has 2 fully saturated rings. The second-order valence-electron chi connectivity index (χ2n) is 5.46. The van der Waals surface area contributed by atoms with Crippen molar-refractivity contribution in [3.63, 3.8) is 0 Å². The molecule has 118 valence electrons. The Morgan fingerprint density at radius 1 is 1.48 bits per heavy atom. The lowest BCUT2D eigenvalue weighted by atomic mass is 10.0. The van der Waals surface area contributed by atoms with Gasteiger partial charge in [-0.05, 0) is 19.8 Å². The van der Waals surface area contributed by atoms with Crippen LogP contribution in [0.5, 0.6) is 0 Å². The summed E-state index contributed by atoms with van der Waals surface area (Å²) in [6.07, 6.45) is 2.11. The number of aliphatic imine (C=N–C) groups is 1. The summed E-state index contributed by atoms with van der Waals surface area (Å²) in [6.45, 7) is 4.41. The van der Waals surface area contributed by atoms with Gasteiger partial charge in [-0.1, -0.05) is 0 Å². The van der Waals surface area contributed by atoms with Gasteiger partial charge in [0.1, 0.15) is 0 Å². The molecule has 1 atom stereocenters. The number of amides is 3. The first kappa shape index (κ1) is 15.6. The van der Waals surface area contributed by atoms with Crippen molar-refractivity contribution in [3.8, 4) is 0 Å². The van der Waals surface area contributed by atoms with E-state index in [2.05, 4.69) is 27.9 Å². The molecule has 8 heteroatoms. The average Bonchev–Trinajstić information content (AvgIpc) is 3.03. The maximum Gasteiger partial charge on any atom is 0.324 e. The zero-order valence-corrected chi connectivity index (χ0v) is 12.6. The van der Waals surface area contributed by atoms with Gasteiger partial charge in [0.25, 0.3) is 0 Å². The molecule has 0 aromatic rings. The van der Waals surface area contributed by atoms with Crippen molar-refractivity contribution >= 4 is 17.9 Å². The SMILES string of the molecule is CN=C(NCCN1C(=O)CNC1=O)NCC1(C)CCCO1. The third kappa shape index (κ3) is 4.07. The molecule has 2 saturated heterocycles. The summed E-state index contributed by atoms with van der Waals surface area (Å²) in [5, 5.41) is 8.78. The molecule has 0 aromatic heterocycles. The minimum atomic E-state index is -0.336. The van der Waals surface area contributed by atoms with Crippen LogP contribution in [-0.2, 0) is 9.53 Å². The number of imide groups is 1. The molecular weight excluding hydrogens is 274 g/mol. The normalized spacial score (nSPS) is 26.2. The summed E-state index contributed by atoms with van der Waals surface area (Å²) in [6, 6.07) is -0.336. The van der Waals surface area contributed by atoms with Gasteiger partial charge in [0.05, 0.1) is 12.1 Å². The Morgan fingerprint density at radius 2 is 2.29 bits per heavy atom. The molecule has 2 rings (SSSR count). The van der Waals surface area contributed by atoms with E-state index in [0.29, 0.717) is 25.6 Å². The number of nitrogens with zero attached hydrogens (tertiary/aromatic N) is 2. The van der Waals surface area contributed by atoms with E-state index in [9.17, 15) is 9.59 Å². The zero-order chi connectivity index (χ0) is 15.3. The molecule has 3 amide bonds. The Morgan fingerprint density at radius 3 is 2.86 bits per heavy atom. The number of guanidine groups is 1. The molecule has 8 nitrogen and oxygen atoms in total. The van der Waals surface area contributed by atoms with Crippen LogP contribution in [0.1, 0.15) is 19.8 Å². The van der Waals surface area contributed by atoms with Gasteiger partial charge in [0.15, 0.2) is 5.96 Å². The first-order valence-electron chi connectivity index (χ1n) is 7.21. The Balaban J connectivity index is 1.70. The minimum Gasteiger partial charge on any atom is -0.373 e. The highest BCUT2D eigenvalue weighted by atomic mass is 16.5. The molecule has 1 unspecified atom stereocenters. The number of carbonyl (C=O) groups is 2. The number of carbonyl (C=O) groups excluding carboxylic acids is 2. The molecule has 21 heavy (non-hydrogen) atoms. The molecule has 3 N–H and O–H groups in total. The van der Waals surface area contributed by atoms with E-state index in [1.165, 1.54) is 4.90 Å². The maximum absolute atomic E-state index is 11.4. The average molecular weight is 297 g/mol. The van der Waals surface area contributed by atoms with Crippen molar-refractivity contribution in [3.05, 3.63) is 0 Å². The summed E-state index contributed by atoms with van der Waals surface area (Å²) in [4.78, 5) is 28.1. The van der Waals surface area contributed by atoms with Gasteiger partial charge in [-0.25, -0.2) is 4.79 Å². The van der Waals surface area contributed by atoms with E-state index in [1.54, 1.807) is 7.05 Å². The first-order chi connectivity index (χ1) is 10.0. The van der Waals surface area contributed by atoms with Crippen molar-refractivity contribution in [2.24, 2.45) is 4.99 Å². The summed E-state index contributed by atoms with van der Waals surface area (Å²) < 4.78 is 5.70. The van der Waals surface area contributed by atoms with Crippen molar-refractivity contribution < 1.29 is 14.3 Å². The number of ether oxygens (including phenoxy) is 1. The van der Waals surface area contributed by atoms with Gasteiger partial charge >= 0.3 is 6.03 Å². The van der Waals surface area contributed by atoms with Crippen molar-refractivity contribution in [1.29, 1.82) is 0 Å². The molecular formula is C13H23N5O3. The molecule has 0 spiro atoms. The van der Waals surface area contributed by atoms with Gasteiger partial charge in [0, 0.05) is 33.3 Å². The van der Waals surface area contributed by atoms with Crippen LogP contribution >= 0.6 is 0 Å². The topological polar surface area (TPSA) is 95.1 Å². The quantitative estimate of drug-likeness (QED) is 0.353. The van der Waals surface area contributed by atoms with Gasteiger partial charge in [-0.2, -0.15) is 0 Å². The van der Waals surface area contributed by atoms with Gasteiger partial charge in [0.2, 0.25) is 5.91 Å². The van der Waals surface area contributed by atoms with Crippen LogP contribution in [-0.4, -0.2) is 68.2 Å². The largest absolute Gasteiger partial charge is 0.373 e. The van der Waals surface area contributed by atoms with E-state index in [0.717, 1.165) is 19.4 Å². The van der Waals surface area contributed by atoms with Gasteiger partial charge in [-0.3, -0.25) is 14.7 Å². The van der Waals surface area contributed by atoms with Crippen LogP contribution in [0.15, 0.2) is 4.99 Å². The van der Waals surface area contributed by atoms with Crippen LogP contribution in [0.2, 0.25) is 0 Å². The fourth-order valence-corrected chi connectivity index (χ4v) is 2.44. The standard InChI is InChI=1S/C13H23N5O3/c1-13(4-3-7-21-13)9-17-11(14-2)15-5-6-18-10(19)8-16-12(18)20/h3-9H2,1-2H3,(H,16,20)(H2,14,15,17). The maximum atomic E-state index is 11.4. The monoisotopic (exact) mass is 297 g/mol. The van der Waals surface area contributed by atoms with Crippen LogP contribution in [0, 0.1) is 0 Å². The number of hydrogen-bond acceptors (Lipinski definition) is 4. The van der Waals surface area contributed by atoms with Crippen molar-refractivity contribution in [2.75, 3.05) is 39.8 Å². The first-order valence-corrected chi connectivity index (χ1v) is 7.21. The fourth-order valence-electron chi connectivity index (χ4n) is 2.44. The summed E-state index contributed by atoms with van der Waals surface area (Å²) in [5.74, 6) is 0.440. The lowest BCUT2D eigenvalue weighted by Gasteiger charge is -2.25. The molecule has 0 bridgehead atoms. The lowest BCUT2D eigenvalue weighted by Crippen LogP contribution is -2.47. The van der Waals surface area contributed by atoms with E-state index in [4.69, 9.17) is 4.74 Å². The third-order valence-electron chi connectivity index (χ3n) is 3.72. The second-order valence-corrected chi connectivity index (χ2v) is 5.46. The van der Waals surface area contributed by atoms with Gasteiger partial charge < -0.3 is 20.7 Å². The number of urea groups is 1. The van der Waals surface area contributed by atoms with Crippen LogP contribution in [0.3, 0.4) is 0 Å². The molecule has 2 aliphatic rings. The highest BCUT2D eigenvalue weighted by Gasteiger charge is 2.30.